The summed E-state index contributed by atoms with van der Waals surface area (Å²) in [5, 5.41) is 0. The molecule has 0 radical (unpaired) electrons. The van der Waals surface area contributed by atoms with Gasteiger partial charge in [-0.05, 0) is 146 Å². The molecule has 4 saturated heterocycles. The van der Waals surface area contributed by atoms with Crippen LogP contribution in [0.2, 0.25) is 0 Å². The van der Waals surface area contributed by atoms with E-state index in [4.69, 9.17) is 94.7 Å². The van der Waals surface area contributed by atoms with Gasteiger partial charge in [0.15, 0.2) is 92.1 Å². The molecule has 16 rings (SSSR count). The van der Waals surface area contributed by atoms with E-state index >= 15 is 33.2 Å². The lowest BCUT2D eigenvalue weighted by atomic mass is 9.96. The first-order chi connectivity index (χ1) is 70.1. The average molecular weight is 1960 g/mol. The standard InChI is InChI=1S/C110H91FO33/c1-66(112)125-62-80-84(134-97(114)68-40-16-3-17-41-68)88(138-101(118)72-48-24-7-25-49-72)92(142-105(122)76-56-32-11-33-57-76)109(130-80)127-64-82-86(136-99(116)70-44-20-5-21-45-70)90(140-103(120)74-52-28-9-29-53-74)94(144-107(124)78-60-36-13-37-61-78)110(132-82)128-65-81-85(135-98(115)69-42-18-4-19-43-69)89(139-102(119)73-50-26-8-27-51-73)93(143-106(123)77-58-34-12-35-59-77)108(131-81)126-63-79-83(133-96(113)67-38-14-2-15-39-67)87(137-100(117)71-46-22-6-23-47-71)91(95(111)129-79)141-104(121)75-54-30-10-31-55-75/h2-61,79-95,108-110H,62-65H2,1H3/t79-,80-,81-,82-,83-,84-,85-,86-,87+,88+,89+,90+,91+,92+,93+,94+,95+,108+,109+,110+/m1/s1. The van der Waals surface area contributed by atoms with E-state index in [1.807, 2.05) is 0 Å². The molecule has 0 spiro atoms. The molecule has 20 atom stereocenters. The number of carbonyl (C=O) groups is 13. The van der Waals surface area contributed by atoms with Crippen LogP contribution in [0.25, 0.3) is 0 Å². The maximum Gasteiger partial charge on any atom is 0.338 e. The summed E-state index contributed by atoms with van der Waals surface area (Å²) in [7, 11) is 0. The summed E-state index contributed by atoms with van der Waals surface area (Å²) in [5.41, 5.74) is -1.51. The van der Waals surface area contributed by atoms with Crippen molar-refractivity contribution in [3.8, 4) is 0 Å². The van der Waals surface area contributed by atoms with Gasteiger partial charge in [0, 0.05) is 6.92 Å². The molecule has 0 amide bonds. The Morgan fingerprint density at radius 1 is 0.188 bits per heavy atom. The van der Waals surface area contributed by atoms with E-state index < -0.39 is 227 Å². The maximum absolute atomic E-state index is 18.0. The summed E-state index contributed by atoms with van der Waals surface area (Å²) < 4.78 is 148. The molecule has 0 aromatic heterocycles. The number of alkyl halides is 1. The maximum atomic E-state index is 18.0. The van der Waals surface area contributed by atoms with Gasteiger partial charge in [0.05, 0.1) is 86.6 Å². The molecule has 4 fully saturated rings. The number of carbonyl (C=O) groups excluding carboxylic acids is 13. The number of rotatable bonds is 35. The predicted molar refractivity (Wildman–Crippen MR) is 498 cm³/mol. The minimum atomic E-state index is -2.83. The second-order valence-electron chi connectivity index (χ2n) is 32.8. The third kappa shape index (κ3) is 25.6. The summed E-state index contributed by atoms with van der Waals surface area (Å²) in [6.07, 6.45) is -43.7. The van der Waals surface area contributed by atoms with Gasteiger partial charge in [0.2, 0.25) is 6.36 Å². The molecule has 4 aliphatic rings. The lowest BCUT2D eigenvalue weighted by molar-refractivity contribution is -0.342. The molecule has 0 aliphatic carbocycles. The number of benzene rings is 12. The van der Waals surface area contributed by atoms with E-state index in [1.54, 1.807) is 72.8 Å². The Balaban J connectivity index is 0.844. The minimum Gasteiger partial charge on any atom is -0.463 e. The van der Waals surface area contributed by atoms with Gasteiger partial charge in [-0.25, -0.2) is 61.9 Å². The van der Waals surface area contributed by atoms with Crippen LogP contribution in [0.15, 0.2) is 364 Å². The summed E-state index contributed by atoms with van der Waals surface area (Å²) in [5.74, 6) is -14.8. The molecule has 4 heterocycles. The van der Waals surface area contributed by atoms with Crippen molar-refractivity contribution in [1.29, 1.82) is 0 Å². The normalized spacial score (nSPS) is 23.7. The van der Waals surface area contributed by atoms with Crippen LogP contribution in [0.3, 0.4) is 0 Å². The zero-order valence-electron chi connectivity index (χ0n) is 76.4. The van der Waals surface area contributed by atoms with Crippen LogP contribution in [0.5, 0.6) is 0 Å². The largest absolute Gasteiger partial charge is 0.463 e. The fourth-order valence-electron chi connectivity index (χ4n) is 16.0. The Morgan fingerprint density at radius 3 is 0.500 bits per heavy atom. The van der Waals surface area contributed by atoms with Crippen LogP contribution in [-0.4, -0.2) is 227 Å². The van der Waals surface area contributed by atoms with Crippen molar-refractivity contribution in [3.63, 3.8) is 0 Å². The first-order valence-electron chi connectivity index (χ1n) is 45.5. The quantitative estimate of drug-likeness (QED) is 0.0263. The summed E-state index contributed by atoms with van der Waals surface area (Å²) in [6.45, 7) is -3.18. The molecular weight excluding hydrogens is 1870 g/mol. The van der Waals surface area contributed by atoms with E-state index in [1.165, 1.54) is 291 Å². The molecule has 33 nitrogen and oxygen atoms in total. The van der Waals surface area contributed by atoms with Gasteiger partial charge in [-0.1, -0.05) is 218 Å². The lowest BCUT2D eigenvalue weighted by Crippen LogP contribution is -2.66. The number of hydrogen-bond donors (Lipinski definition) is 0. The van der Waals surface area contributed by atoms with E-state index in [-0.39, 0.29) is 66.8 Å². The molecule has 4 aliphatic heterocycles. The predicted octanol–water partition coefficient (Wildman–Crippen LogP) is 14.2. The highest BCUT2D eigenvalue weighted by molar-refractivity contribution is 5.96. The van der Waals surface area contributed by atoms with E-state index in [9.17, 15) is 33.6 Å². The second-order valence-corrected chi connectivity index (χ2v) is 32.8. The lowest BCUT2D eigenvalue weighted by Gasteiger charge is -2.47. The van der Waals surface area contributed by atoms with Crippen LogP contribution in [-0.2, 0) is 99.5 Å². The Kier molecular flexibility index (Phi) is 33.8. The molecule has 0 N–H and O–H groups in total. The smallest absolute Gasteiger partial charge is 0.338 e. The molecule has 0 unspecified atom stereocenters. The Hall–Kier alpha value is -16.6. The topological polar surface area (TPSA) is 407 Å². The van der Waals surface area contributed by atoms with Crippen molar-refractivity contribution < 1.29 is 161 Å². The third-order valence-corrected chi connectivity index (χ3v) is 23.1. The highest BCUT2D eigenvalue weighted by Crippen LogP contribution is 2.40. The molecule has 0 bridgehead atoms. The zero-order valence-corrected chi connectivity index (χ0v) is 76.4. The number of esters is 13. The molecule has 12 aromatic carbocycles. The molecule has 0 saturated carbocycles. The van der Waals surface area contributed by atoms with Crippen LogP contribution in [0.1, 0.15) is 131 Å². The molecule has 12 aromatic rings. The van der Waals surface area contributed by atoms with Crippen molar-refractivity contribution in [2.24, 2.45) is 0 Å². The van der Waals surface area contributed by atoms with Gasteiger partial charge in [-0.15, -0.1) is 0 Å². The number of halogens is 1. The van der Waals surface area contributed by atoms with Crippen LogP contribution in [0.4, 0.5) is 4.39 Å². The second kappa shape index (κ2) is 48.5. The SMILES string of the molecule is CC(=O)OC[C@H]1O[C@H](OC[C@H]2O[C@H](OC[C@H]3O[C@H](OC[C@H]4O[C@H](F)[C@@H](OC(=O)c5ccccc5)[C@@H](OC(=O)c5ccccc5)[C@@H]4OC(=O)c4ccccc4)[C@@H](OC(=O)c4ccccc4)[C@@H](OC(=O)c4ccccc4)[C@@H]3OC(=O)c3ccccc3)[C@@H](OC(=O)c3ccccc3)[C@@H](OC(=O)c3ccccc3)[C@@H]2OC(=O)c2ccccc2)[C@@H](OC(=O)c2ccccc2)[C@@H](OC(=O)c2ccccc2)[C@@H]1OC(=O)c1ccccc1. The summed E-state index contributed by atoms with van der Waals surface area (Å²) in [6, 6.07) is 87.8. The molecule has 34 heteroatoms. The van der Waals surface area contributed by atoms with Crippen molar-refractivity contribution in [3.05, 3.63) is 431 Å². The van der Waals surface area contributed by atoms with Gasteiger partial charge in [0.1, 0.15) is 31.0 Å². The van der Waals surface area contributed by atoms with Crippen molar-refractivity contribution in [2.75, 3.05) is 26.4 Å². The molecule has 144 heavy (non-hydrogen) atoms. The van der Waals surface area contributed by atoms with Crippen LogP contribution < -0.4 is 0 Å². The zero-order chi connectivity index (χ0) is 100. The van der Waals surface area contributed by atoms with Crippen molar-refractivity contribution in [1.82, 2.24) is 0 Å². The number of hydrogen-bond acceptors (Lipinski definition) is 33. The van der Waals surface area contributed by atoms with Gasteiger partial charge in [-0.3, -0.25) is 4.79 Å². The van der Waals surface area contributed by atoms with Crippen LogP contribution >= 0.6 is 0 Å². The fourth-order valence-corrected chi connectivity index (χ4v) is 16.0. The third-order valence-electron chi connectivity index (χ3n) is 23.1. The van der Waals surface area contributed by atoms with Gasteiger partial charge in [-0.2, -0.15) is 0 Å². The molecule has 736 valence electrons. The van der Waals surface area contributed by atoms with E-state index in [2.05, 4.69) is 0 Å². The average Bonchev–Trinajstić information content (AvgIpc) is 0.782. The van der Waals surface area contributed by atoms with Crippen LogP contribution in [0, 0.1) is 0 Å². The Bertz CT molecular complexity index is 6380. The summed E-state index contributed by atoms with van der Waals surface area (Å²) in [4.78, 5) is 193. The first kappa shape index (κ1) is 100. The monoisotopic (exact) mass is 1960 g/mol. The Labute approximate surface area is 821 Å². The molecular formula is C110H91FO33. The van der Waals surface area contributed by atoms with E-state index in [0.29, 0.717) is 0 Å². The highest BCUT2D eigenvalue weighted by atomic mass is 19.1. The minimum absolute atomic E-state index is 0.0424. The van der Waals surface area contributed by atoms with Gasteiger partial charge >= 0.3 is 77.6 Å². The Morgan fingerprint density at radius 2 is 0.326 bits per heavy atom. The fraction of sp³-hybridized carbons (Fsp3) is 0.227. The summed E-state index contributed by atoms with van der Waals surface area (Å²) >= 11 is 0. The van der Waals surface area contributed by atoms with Gasteiger partial charge in [0.25, 0.3) is 0 Å². The number of ether oxygens (including phenoxy) is 20. The van der Waals surface area contributed by atoms with Crippen molar-refractivity contribution in [2.45, 2.75) is 130 Å². The van der Waals surface area contributed by atoms with Gasteiger partial charge < -0.3 is 94.7 Å². The highest BCUT2D eigenvalue weighted by Gasteiger charge is 2.61. The van der Waals surface area contributed by atoms with E-state index in [0.717, 1.165) is 6.92 Å². The first-order valence-corrected chi connectivity index (χ1v) is 45.5. The van der Waals surface area contributed by atoms with Crippen molar-refractivity contribution >= 4 is 77.6 Å².